The third kappa shape index (κ3) is 2.61. The van der Waals surface area contributed by atoms with Crippen molar-refractivity contribution in [1.29, 1.82) is 0 Å². The number of hydrogen-bond donors (Lipinski definition) is 2. The van der Waals surface area contributed by atoms with Crippen molar-refractivity contribution in [1.82, 2.24) is 20.0 Å². The molecule has 1 aliphatic heterocycles. The molecule has 1 fully saturated rings. The number of aryl methyl sites for hydroxylation is 1. The summed E-state index contributed by atoms with van der Waals surface area (Å²) in [5, 5.41) is 6.62. The van der Waals surface area contributed by atoms with Gasteiger partial charge >= 0.3 is 6.09 Å². The molecule has 2 heterocycles. The number of carbonyl (C=O) groups is 2. The zero-order chi connectivity index (χ0) is 14.0. The molecule has 1 aromatic heterocycles. The predicted molar refractivity (Wildman–Crippen MR) is 67.5 cm³/mol. The monoisotopic (exact) mass is 267 g/mol. The number of methoxy groups -OCH3 is 1. The van der Waals surface area contributed by atoms with Gasteiger partial charge in [-0.3, -0.25) is 9.48 Å². The van der Waals surface area contributed by atoms with E-state index in [2.05, 4.69) is 15.2 Å². The zero-order valence-corrected chi connectivity index (χ0v) is 10.9. The van der Waals surface area contributed by atoms with E-state index in [1.165, 1.54) is 18.0 Å². The SMILES string of the molecule is COC(=O)NC1CCN(C(=O)c2c(N)cnn2C)C1. The van der Waals surface area contributed by atoms with Gasteiger partial charge in [0.2, 0.25) is 0 Å². The van der Waals surface area contributed by atoms with Gasteiger partial charge in [0.05, 0.1) is 25.0 Å². The maximum absolute atomic E-state index is 12.3. The molecule has 0 spiro atoms. The summed E-state index contributed by atoms with van der Waals surface area (Å²) in [6, 6.07) is -0.0918. The van der Waals surface area contributed by atoms with E-state index in [9.17, 15) is 9.59 Å². The molecule has 2 amide bonds. The summed E-state index contributed by atoms with van der Waals surface area (Å²) in [6.45, 7) is 1.01. The normalized spacial score (nSPS) is 18.4. The highest BCUT2D eigenvalue weighted by Crippen LogP contribution is 2.17. The smallest absolute Gasteiger partial charge is 0.407 e. The van der Waals surface area contributed by atoms with E-state index in [1.807, 2.05) is 0 Å². The fraction of sp³-hybridized carbons (Fsp3) is 0.545. The number of aromatic nitrogens is 2. The lowest BCUT2D eigenvalue weighted by Gasteiger charge is -2.17. The number of ether oxygens (including phenoxy) is 1. The van der Waals surface area contributed by atoms with Crippen LogP contribution in [0.5, 0.6) is 0 Å². The van der Waals surface area contributed by atoms with E-state index in [4.69, 9.17) is 5.73 Å². The fourth-order valence-corrected chi connectivity index (χ4v) is 2.15. The summed E-state index contributed by atoms with van der Waals surface area (Å²) in [4.78, 5) is 25.0. The van der Waals surface area contributed by atoms with Crippen LogP contribution in [0.1, 0.15) is 16.9 Å². The van der Waals surface area contributed by atoms with Gasteiger partial charge in [-0.05, 0) is 6.42 Å². The first-order valence-electron chi connectivity index (χ1n) is 5.94. The summed E-state index contributed by atoms with van der Waals surface area (Å²) in [6.07, 6.45) is 1.66. The van der Waals surface area contributed by atoms with Crippen molar-refractivity contribution in [2.24, 2.45) is 7.05 Å². The highest BCUT2D eigenvalue weighted by Gasteiger charge is 2.30. The van der Waals surface area contributed by atoms with E-state index in [1.54, 1.807) is 11.9 Å². The highest BCUT2D eigenvalue weighted by molar-refractivity contribution is 5.97. The average Bonchev–Trinajstić information content (AvgIpc) is 2.96. The van der Waals surface area contributed by atoms with Crippen LogP contribution in [0.4, 0.5) is 10.5 Å². The van der Waals surface area contributed by atoms with Crippen molar-refractivity contribution in [2.45, 2.75) is 12.5 Å². The molecule has 0 aromatic carbocycles. The second-order valence-corrected chi connectivity index (χ2v) is 4.44. The van der Waals surface area contributed by atoms with Crippen molar-refractivity contribution in [3.8, 4) is 0 Å². The first-order chi connectivity index (χ1) is 9.02. The molecule has 1 saturated heterocycles. The molecule has 8 heteroatoms. The number of nitrogens with one attached hydrogen (secondary N) is 1. The van der Waals surface area contributed by atoms with Gasteiger partial charge in [-0.2, -0.15) is 5.10 Å². The molecule has 104 valence electrons. The quantitative estimate of drug-likeness (QED) is 0.757. The Hall–Kier alpha value is -2.25. The van der Waals surface area contributed by atoms with Gasteiger partial charge in [0.15, 0.2) is 0 Å². The van der Waals surface area contributed by atoms with Crippen LogP contribution in [0, 0.1) is 0 Å². The molecule has 1 atom stereocenters. The zero-order valence-electron chi connectivity index (χ0n) is 10.9. The number of alkyl carbamates (subject to hydrolysis) is 1. The standard InChI is InChI=1S/C11H17N5O3/c1-15-9(8(12)5-13-15)10(17)16-4-3-7(6-16)14-11(18)19-2/h5,7H,3-4,6,12H2,1-2H3,(H,14,18). The van der Waals surface area contributed by atoms with E-state index < -0.39 is 6.09 Å². The number of likely N-dealkylation sites (tertiary alicyclic amines) is 1. The van der Waals surface area contributed by atoms with Crippen molar-refractivity contribution >= 4 is 17.7 Å². The van der Waals surface area contributed by atoms with E-state index in [0.29, 0.717) is 30.9 Å². The van der Waals surface area contributed by atoms with E-state index in [-0.39, 0.29) is 11.9 Å². The van der Waals surface area contributed by atoms with Gasteiger partial charge in [-0.25, -0.2) is 4.79 Å². The van der Waals surface area contributed by atoms with Crippen LogP contribution in [-0.4, -0.2) is 52.9 Å². The Morgan fingerprint density at radius 3 is 2.89 bits per heavy atom. The van der Waals surface area contributed by atoms with Crippen molar-refractivity contribution in [2.75, 3.05) is 25.9 Å². The largest absolute Gasteiger partial charge is 0.453 e. The fourth-order valence-electron chi connectivity index (χ4n) is 2.15. The van der Waals surface area contributed by atoms with Crippen LogP contribution in [0.2, 0.25) is 0 Å². The van der Waals surface area contributed by atoms with Crippen LogP contribution < -0.4 is 11.1 Å². The number of nitrogens with two attached hydrogens (primary N) is 1. The molecule has 1 aromatic rings. The summed E-state index contributed by atoms with van der Waals surface area (Å²) in [5.41, 5.74) is 6.46. The lowest BCUT2D eigenvalue weighted by Crippen LogP contribution is -2.38. The first-order valence-corrected chi connectivity index (χ1v) is 5.94. The number of rotatable bonds is 2. The van der Waals surface area contributed by atoms with Crippen LogP contribution in [0.25, 0.3) is 0 Å². The second kappa shape index (κ2) is 5.17. The Labute approximate surface area is 110 Å². The molecule has 0 saturated carbocycles. The Balaban J connectivity index is 2.01. The molecule has 1 unspecified atom stereocenters. The molecule has 0 aliphatic carbocycles. The minimum atomic E-state index is -0.487. The Bertz CT molecular complexity index is 479. The van der Waals surface area contributed by atoms with Crippen LogP contribution >= 0.6 is 0 Å². The molecular formula is C11H17N5O3. The third-order valence-electron chi connectivity index (χ3n) is 3.15. The van der Waals surface area contributed by atoms with Crippen LogP contribution in [-0.2, 0) is 11.8 Å². The van der Waals surface area contributed by atoms with Gasteiger partial charge in [-0.15, -0.1) is 0 Å². The Kier molecular flexibility index (Phi) is 3.59. The number of hydrogen-bond acceptors (Lipinski definition) is 5. The maximum atomic E-state index is 12.3. The van der Waals surface area contributed by atoms with Gasteiger partial charge in [0.25, 0.3) is 5.91 Å². The molecular weight excluding hydrogens is 250 g/mol. The van der Waals surface area contributed by atoms with E-state index in [0.717, 1.165) is 0 Å². The minimum absolute atomic E-state index is 0.0918. The number of anilines is 1. The number of nitrogen functional groups attached to an aromatic ring is 1. The topological polar surface area (TPSA) is 102 Å². The summed E-state index contributed by atoms with van der Waals surface area (Å²) < 4.78 is 5.99. The maximum Gasteiger partial charge on any atom is 0.407 e. The molecule has 3 N–H and O–H groups in total. The van der Waals surface area contributed by atoms with Crippen molar-refractivity contribution in [3.05, 3.63) is 11.9 Å². The van der Waals surface area contributed by atoms with Gasteiger partial charge in [0, 0.05) is 20.1 Å². The Morgan fingerprint density at radius 1 is 1.58 bits per heavy atom. The molecule has 2 rings (SSSR count). The van der Waals surface area contributed by atoms with Gasteiger partial charge in [-0.1, -0.05) is 0 Å². The highest BCUT2D eigenvalue weighted by atomic mass is 16.5. The van der Waals surface area contributed by atoms with E-state index >= 15 is 0 Å². The predicted octanol–water partition coefficient (Wildman–Crippen LogP) is -0.427. The molecule has 0 radical (unpaired) electrons. The average molecular weight is 267 g/mol. The number of amides is 2. The Morgan fingerprint density at radius 2 is 2.32 bits per heavy atom. The summed E-state index contributed by atoms with van der Waals surface area (Å²) in [5.74, 6) is -0.174. The lowest BCUT2D eigenvalue weighted by molar-refractivity contribution is 0.0778. The van der Waals surface area contributed by atoms with Crippen LogP contribution in [0.3, 0.4) is 0 Å². The van der Waals surface area contributed by atoms with Crippen molar-refractivity contribution in [3.63, 3.8) is 0 Å². The molecule has 0 bridgehead atoms. The second-order valence-electron chi connectivity index (χ2n) is 4.44. The van der Waals surface area contributed by atoms with Crippen LogP contribution in [0.15, 0.2) is 6.20 Å². The molecule has 1 aliphatic rings. The lowest BCUT2D eigenvalue weighted by atomic mass is 10.3. The van der Waals surface area contributed by atoms with Gasteiger partial charge < -0.3 is 20.7 Å². The minimum Gasteiger partial charge on any atom is -0.453 e. The first kappa shape index (κ1) is 13.2. The van der Waals surface area contributed by atoms with Crippen molar-refractivity contribution < 1.29 is 14.3 Å². The summed E-state index contributed by atoms with van der Waals surface area (Å²) in [7, 11) is 2.98. The van der Waals surface area contributed by atoms with Gasteiger partial charge in [0.1, 0.15) is 5.69 Å². The molecule has 8 nitrogen and oxygen atoms in total. The number of nitrogens with zero attached hydrogens (tertiary/aromatic N) is 3. The summed E-state index contributed by atoms with van der Waals surface area (Å²) >= 11 is 0. The number of carbonyl (C=O) groups excluding carboxylic acids is 2. The molecule has 19 heavy (non-hydrogen) atoms. The third-order valence-corrected chi connectivity index (χ3v) is 3.15.